The molecule has 1 aliphatic rings. The normalized spacial score (nSPS) is 16.9. The molecule has 1 aromatic rings. The molecule has 2 rings (SSSR count). The zero-order valence-electron chi connectivity index (χ0n) is 11.0. The second-order valence-electron chi connectivity index (χ2n) is 5.13. The molecule has 0 radical (unpaired) electrons. The van der Waals surface area contributed by atoms with Crippen molar-refractivity contribution in [2.75, 3.05) is 6.54 Å². The minimum atomic E-state index is -3.71. The van der Waals surface area contributed by atoms with Crippen LogP contribution < -0.4 is 4.72 Å². The third-order valence-electron chi connectivity index (χ3n) is 3.81. The number of aromatic carboxylic acids is 1. The fourth-order valence-electron chi connectivity index (χ4n) is 2.00. The molecule has 0 aliphatic heterocycles. The molecule has 110 valence electrons. The predicted octanol–water partition coefficient (Wildman–Crippen LogP) is 2.62. The maximum atomic E-state index is 12.3. The Hall–Kier alpha value is -0.920. The lowest BCUT2D eigenvalue weighted by Crippen LogP contribution is -2.30. The van der Waals surface area contributed by atoms with E-state index in [-0.39, 0.29) is 15.9 Å². The SMILES string of the molecule is CCC1(CNS(=O)(=O)c2cc(C(=O)O)ccc2Br)CC1. The van der Waals surface area contributed by atoms with Crippen molar-refractivity contribution in [2.45, 2.75) is 31.1 Å². The van der Waals surface area contributed by atoms with Crippen molar-refractivity contribution in [3.63, 3.8) is 0 Å². The zero-order chi connectivity index (χ0) is 15.0. The quantitative estimate of drug-likeness (QED) is 0.815. The predicted molar refractivity (Wildman–Crippen MR) is 78.2 cm³/mol. The number of benzene rings is 1. The number of hydrogen-bond donors (Lipinski definition) is 2. The summed E-state index contributed by atoms with van der Waals surface area (Å²) in [5.74, 6) is -1.15. The fraction of sp³-hybridized carbons (Fsp3) is 0.462. The Labute approximate surface area is 126 Å². The van der Waals surface area contributed by atoms with E-state index in [9.17, 15) is 13.2 Å². The van der Waals surface area contributed by atoms with Crippen LogP contribution in [0, 0.1) is 5.41 Å². The molecule has 0 saturated heterocycles. The summed E-state index contributed by atoms with van der Waals surface area (Å²) in [4.78, 5) is 10.9. The molecule has 1 saturated carbocycles. The van der Waals surface area contributed by atoms with Crippen LogP contribution in [0.5, 0.6) is 0 Å². The van der Waals surface area contributed by atoms with Crippen LogP contribution in [0.2, 0.25) is 0 Å². The van der Waals surface area contributed by atoms with E-state index in [1.165, 1.54) is 18.2 Å². The molecular weight excluding hydrogens is 346 g/mol. The molecular formula is C13H16BrNO4S. The first-order valence-corrected chi connectivity index (χ1v) is 8.60. The Bertz CT molecular complexity index is 638. The second kappa shape index (κ2) is 5.46. The second-order valence-corrected chi connectivity index (χ2v) is 7.72. The summed E-state index contributed by atoms with van der Waals surface area (Å²) in [5.41, 5.74) is 0.0365. The molecule has 20 heavy (non-hydrogen) atoms. The molecule has 1 aromatic carbocycles. The Kier molecular flexibility index (Phi) is 4.22. The topological polar surface area (TPSA) is 83.5 Å². The summed E-state index contributed by atoms with van der Waals surface area (Å²) in [6.45, 7) is 2.44. The van der Waals surface area contributed by atoms with Crippen LogP contribution >= 0.6 is 15.9 Å². The molecule has 0 amide bonds. The minimum absolute atomic E-state index is 0.0377. The number of carboxylic acids is 1. The van der Waals surface area contributed by atoms with Crippen molar-refractivity contribution >= 4 is 31.9 Å². The molecule has 0 atom stereocenters. The molecule has 0 unspecified atom stereocenters. The largest absolute Gasteiger partial charge is 0.478 e. The highest BCUT2D eigenvalue weighted by atomic mass is 79.9. The van der Waals surface area contributed by atoms with E-state index < -0.39 is 16.0 Å². The van der Waals surface area contributed by atoms with E-state index in [1.807, 2.05) is 6.92 Å². The van der Waals surface area contributed by atoms with Gasteiger partial charge < -0.3 is 5.11 Å². The van der Waals surface area contributed by atoms with Gasteiger partial charge in [-0.3, -0.25) is 0 Å². The third kappa shape index (κ3) is 3.21. The lowest BCUT2D eigenvalue weighted by atomic mass is 10.1. The number of nitrogens with one attached hydrogen (secondary N) is 1. The van der Waals surface area contributed by atoms with Crippen LogP contribution in [0.4, 0.5) is 0 Å². The monoisotopic (exact) mass is 361 g/mol. The molecule has 7 heteroatoms. The minimum Gasteiger partial charge on any atom is -0.478 e. The van der Waals surface area contributed by atoms with E-state index in [0.29, 0.717) is 11.0 Å². The van der Waals surface area contributed by atoms with Crippen LogP contribution in [0.15, 0.2) is 27.6 Å². The zero-order valence-corrected chi connectivity index (χ0v) is 13.4. The van der Waals surface area contributed by atoms with Crippen molar-refractivity contribution in [1.82, 2.24) is 4.72 Å². The Morgan fingerprint density at radius 3 is 2.60 bits per heavy atom. The Morgan fingerprint density at radius 1 is 1.45 bits per heavy atom. The first-order valence-electron chi connectivity index (χ1n) is 6.32. The summed E-state index contributed by atoms with van der Waals surface area (Å²) in [6, 6.07) is 3.96. The number of hydrogen-bond acceptors (Lipinski definition) is 3. The number of halogens is 1. The van der Waals surface area contributed by atoms with Crippen molar-refractivity contribution < 1.29 is 18.3 Å². The summed E-state index contributed by atoms with van der Waals surface area (Å²) in [7, 11) is -3.71. The number of carboxylic acid groups (broad SMARTS) is 1. The van der Waals surface area contributed by atoms with Crippen molar-refractivity contribution in [2.24, 2.45) is 5.41 Å². The van der Waals surface area contributed by atoms with Crippen LogP contribution in [0.25, 0.3) is 0 Å². The van der Waals surface area contributed by atoms with Gasteiger partial charge >= 0.3 is 5.97 Å². The summed E-state index contributed by atoms with van der Waals surface area (Å²) in [5, 5.41) is 8.94. The third-order valence-corrected chi connectivity index (χ3v) is 6.21. The van der Waals surface area contributed by atoms with Crippen LogP contribution in [-0.2, 0) is 10.0 Å². The summed E-state index contributed by atoms with van der Waals surface area (Å²) < 4.78 is 27.5. The summed E-state index contributed by atoms with van der Waals surface area (Å²) in [6.07, 6.45) is 3.00. The van der Waals surface area contributed by atoms with E-state index in [0.717, 1.165) is 19.3 Å². The number of sulfonamides is 1. The average Bonchev–Trinajstić information content (AvgIpc) is 3.17. The number of carbonyl (C=O) groups is 1. The van der Waals surface area contributed by atoms with Gasteiger partial charge in [0.25, 0.3) is 0 Å². The molecule has 1 aliphatic carbocycles. The fourth-order valence-corrected chi connectivity index (χ4v) is 4.14. The highest BCUT2D eigenvalue weighted by Crippen LogP contribution is 2.48. The van der Waals surface area contributed by atoms with Gasteiger partial charge in [-0.2, -0.15) is 0 Å². The Morgan fingerprint density at radius 2 is 2.10 bits per heavy atom. The van der Waals surface area contributed by atoms with Gasteiger partial charge in [-0.05, 0) is 58.8 Å². The first-order chi connectivity index (χ1) is 9.30. The van der Waals surface area contributed by atoms with E-state index in [4.69, 9.17) is 5.11 Å². The van der Waals surface area contributed by atoms with E-state index >= 15 is 0 Å². The van der Waals surface area contributed by atoms with Crippen LogP contribution in [0.1, 0.15) is 36.5 Å². The molecule has 2 N–H and O–H groups in total. The van der Waals surface area contributed by atoms with Gasteiger partial charge in [-0.15, -0.1) is 0 Å². The van der Waals surface area contributed by atoms with Gasteiger partial charge in [0.15, 0.2) is 0 Å². The summed E-state index contributed by atoms with van der Waals surface area (Å²) >= 11 is 3.16. The van der Waals surface area contributed by atoms with Gasteiger partial charge in [-0.25, -0.2) is 17.9 Å². The highest BCUT2D eigenvalue weighted by Gasteiger charge is 2.41. The molecule has 0 aromatic heterocycles. The van der Waals surface area contributed by atoms with Gasteiger partial charge in [0.1, 0.15) is 0 Å². The molecule has 0 heterocycles. The van der Waals surface area contributed by atoms with Crippen LogP contribution in [-0.4, -0.2) is 26.0 Å². The van der Waals surface area contributed by atoms with Crippen LogP contribution in [0.3, 0.4) is 0 Å². The van der Waals surface area contributed by atoms with Crippen molar-refractivity contribution in [3.05, 3.63) is 28.2 Å². The van der Waals surface area contributed by atoms with E-state index in [2.05, 4.69) is 20.7 Å². The first kappa shape index (κ1) is 15.5. The van der Waals surface area contributed by atoms with Gasteiger partial charge in [0.05, 0.1) is 10.5 Å². The highest BCUT2D eigenvalue weighted by molar-refractivity contribution is 9.10. The maximum Gasteiger partial charge on any atom is 0.335 e. The number of rotatable bonds is 6. The van der Waals surface area contributed by atoms with Gasteiger partial charge in [-0.1, -0.05) is 6.92 Å². The average molecular weight is 362 g/mol. The molecule has 0 bridgehead atoms. The maximum absolute atomic E-state index is 12.3. The smallest absolute Gasteiger partial charge is 0.335 e. The van der Waals surface area contributed by atoms with Gasteiger partial charge in [0, 0.05) is 11.0 Å². The van der Waals surface area contributed by atoms with E-state index in [1.54, 1.807) is 0 Å². The standard InChI is InChI=1S/C13H16BrNO4S/c1-2-13(5-6-13)8-15-20(18,19)11-7-9(12(16)17)3-4-10(11)14/h3-4,7,15H,2,5-6,8H2,1H3,(H,16,17). The molecule has 5 nitrogen and oxygen atoms in total. The lowest BCUT2D eigenvalue weighted by molar-refractivity contribution is 0.0696. The van der Waals surface area contributed by atoms with Crippen molar-refractivity contribution in [1.29, 1.82) is 0 Å². The lowest BCUT2D eigenvalue weighted by Gasteiger charge is -2.14. The Balaban J connectivity index is 2.24. The van der Waals surface area contributed by atoms with Crippen molar-refractivity contribution in [3.8, 4) is 0 Å². The molecule has 1 fully saturated rings. The molecule has 0 spiro atoms. The van der Waals surface area contributed by atoms with Gasteiger partial charge in [0.2, 0.25) is 10.0 Å².